The van der Waals surface area contributed by atoms with Crippen LogP contribution in [0.5, 0.6) is 0 Å². The van der Waals surface area contributed by atoms with Crippen molar-refractivity contribution in [3.8, 4) is 6.07 Å². The van der Waals surface area contributed by atoms with E-state index in [4.69, 9.17) is 16.1 Å². The van der Waals surface area contributed by atoms with Gasteiger partial charge in [0.25, 0.3) is 0 Å². The number of rotatable bonds is 4. The summed E-state index contributed by atoms with van der Waals surface area (Å²) >= 11 is 0. The van der Waals surface area contributed by atoms with Gasteiger partial charge in [0.2, 0.25) is 5.91 Å². The number of carboxylic acids is 1. The number of benzene rings is 1. The van der Waals surface area contributed by atoms with Crippen LogP contribution in [0.15, 0.2) is 24.3 Å². The molecule has 1 rings (SSSR count). The topological polar surface area (TPSA) is 116 Å². The largest absolute Gasteiger partial charge is 0.478 e. The fourth-order valence-corrected chi connectivity index (χ4v) is 1.12. The zero-order valence-corrected chi connectivity index (χ0v) is 8.88. The van der Waals surface area contributed by atoms with E-state index in [-0.39, 0.29) is 12.0 Å². The summed E-state index contributed by atoms with van der Waals surface area (Å²) in [5, 5.41) is 19.5. The van der Waals surface area contributed by atoms with Gasteiger partial charge in [-0.25, -0.2) is 4.79 Å². The molecule has 88 valence electrons. The lowest BCUT2D eigenvalue weighted by Gasteiger charge is -2.09. The van der Waals surface area contributed by atoms with Crippen molar-refractivity contribution in [2.45, 2.75) is 12.5 Å². The van der Waals surface area contributed by atoms with Crippen LogP contribution in [0.4, 0.5) is 5.69 Å². The maximum absolute atomic E-state index is 11.4. The number of carboxylic acid groups (broad SMARTS) is 1. The fourth-order valence-electron chi connectivity index (χ4n) is 1.12. The summed E-state index contributed by atoms with van der Waals surface area (Å²) in [5.74, 6) is -1.52. The molecule has 0 radical (unpaired) electrons. The van der Waals surface area contributed by atoms with E-state index in [1.165, 1.54) is 24.3 Å². The van der Waals surface area contributed by atoms with Crippen LogP contribution in [-0.4, -0.2) is 23.0 Å². The number of carbonyl (C=O) groups is 2. The molecule has 1 aromatic carbocycles. The minimum Gasteiger partial charge on any atom is -0.478 e. The zero-order chi connectivity index (χ0) is 12.8. The first-order chi connectivity index (χ1) is 8.04. The van der Waals surface area contributed by atoms with E-state index in [0.29, 0.717) is 5.69 Å². The van der Waals surface area contributed by atoms with Gasteiger partial charge in [0.05, 0.1) is 24.1 Å². The third-order valence-corrected chi connectivity index (χ3v) is 2.05. The average Bonchev–Trinajstić information content (AvgIpc) is 2.30. The lowest BCUT2D eigenvalue weighted by Crippen LogP contribution is -2.35. The molecule has 0 fully saturated rings. The van der Waals surface area contributed by atoms with Crippen LogP contribution in [0.1, 0.15) is 16.8 Å². The van der Waals surface area contributed by atoms with Gasteiger partial charge >= 0.3 is 5.97 Å². The summed E-state index contributed by atoms with van der Waals surface area (Å²) in [6.45, 7) is 0. The third-order valence-electron chi connectivity index (χ3n) is 2.05. The lowest BCUT2D eigenvalue weighted by molar-refractivity contribution is -0.117. The molecule has 4 N–H and O–H groups in total. The van der Waals surface area contributed by atoms with Crippen LogP contribution >= 0.6 is 0 Å². The maximum Gasteiger partial charge on any atom is 0.335 e. The van der Waals surface area contributed by atoms with Crippen LogP contribution in [-0.2, 0) is 4.79 Å². The van der Waals surface area contributed by atoms with Crippen molar-refractivity contribution in [2.24, 2.45) is 5.73 Å². The van der Waals surface area contributed by atoms with E-state index in [9.17, 15) is 9.59 Å². The number of nitrogens with two attached hydrogens (primary N) is 1. The number of nitrogens with zero attached hydrogens (tertiary/aromatic N) is 1. The highest BCUT2D eigenvalue weighted by Gasteiger charge is 2.13. The van der Waals surface area contributed by atoms with Gasteiger partial charge in [-0.2, -0.15) is 5.26 Å². The van der Waals surface area contributed by atoms with Gasteiger partial charge < -0.3 is 16.2 Å². The Kier molecular flexibility index (Phi) is 4.20. The van der Waals surface area contributed by atoms with E-state index in [0.717, 1.165) is 0 Å². The molecule has 0 unspecified atom stereocenters. The molecule has 0 bridgehead atoms. The Morgan fingerprint density at radius 1 is 1.41 bits per heavy atom. The predicted octanol–water partition coefficient (Wildman–Crippen LogP) is 0.564. The minimum absolute atomic E-state index is 0.0704. The van der Waals surface area contributed by atoms with Crippen LogP contribution < -0.4 is 11.1 Å². The van der Waals surface area contributed by atoms with Crippen LogP contribution in [0.25, 0.3) is 0 Å². The minimum atomic E-state index is -1.04. The summed E-state index contributed by atoms with van der Waals surface area (Å²) < 4.78 is 0. The molecule has 6 heteroatoms. The Labute approximate surface area is 97.7 Å². The maximum atomic E-state index is 11.4. The summed E-state index contributed by atoms with van der Waals surface area (Å²) in [4.78, 5) is 22.0. The summed E-state index contributed by atoms with van der Waals surface area (Å²) in [6, 6.07) is 6.56. The van der Waals surface area contributed by atoms with Crippen LogP contribution in [0.3, 0.4) is 0 Å². The van der Waals surface area contributed by atoms with E-state index in [2.05, 4.69) is 5.32 Å². The van der Waals surface area contributed by atoms with Crippen molar-refractivity contribution in [1.29, 1.82) is 5.26 Å². The number of aromatic carboxylic acids is 1. The predicted molar refractivity (Wildman–Crippen MR) is 60.2 cm³/mol. The van der Waals surface area contributed by atoms with E-state index >= 15 is 0 Å². The Morgan fingerprint density at radius 3 is 2.47 bits per heavy atom. The Balaban J connectivity index is 2.67. The number of amides is 1. The molecule has 0 aliphatic heterocycles. The Morgan fingerprint density at radius 2 is 2.00 bits per heavy atom. The molecule has 0 aromatic heterocycles. The first-order valence-electron chi connectivity index (χ1n) is 4.81. The van der Waals surface area contributed by atoms with E-state index < -0.39 is 17.9 Å². The molecule has 0 spiro atoms. The van der Waals surface area contributed by atoms with Gasteiger partial charge in [-0.1, -0.05) is 0 Å². The number of hydrogen-bond donors (Lipinski definition) is 3. The van der Waals surface area contributed by atoms with Crippen molar-refractivity contribution in [3.05, 3.63) is 29.8 Å². The first kappa shape index (κ1) is 12.7. The molecule has 0 aliphatic rings. The molecule has 0 heterocycles. The van der Waals surface area contributed by atoms with Crippen molar-refractivity contribution in [1.82, 2.24) is 0 Å². The van der Waals surface area contributed by atoms with Gasteiger partial charge in [0.15, 0.2) is 0 Å². The molecule has 0 saturated heterocycles. The van der Waals surface area contributed by atoms with Crippen molar-refractivity contribution in [3.63, 3.8) is 0 Å². The standard InChI is InChI=1S/C11H11N3O3/c12-6-5-9(13)10(15)14-8-3-1-7(2-4-8)11(16)17/h1-4,9H,5,13H2,(H,14,15)(H,16,17)/t9-/m0/s1. The Hall–Kier alpha value is -2.39. The summed E-state index contributed by atoms with van der Waals surface area (Å²) in [7, 11) is 0. The second-order valence-electron chi connectivity index (χ2n) is 3.34. The molecular formula is C11H11N3O3. The first-order valence-corrected chi connectivity index (χ1v) is 4.81. The second-order valence-corrected chi connectivity index (χ2v) is 3.34. The second kappa shape index (κ2) is 5.63. The SMILES string of the molecule is N#CC[C@H](N)C(=O)Nc1ccc(C(=O)O)cc1. The Bertz CT molecular complexity index is 462. The molecule has 1 atom stereocenters. The number of nitriles is 1. The van der Waals surface area contributed by atoms with Gasteiger partial charge in [-0.3, -0.25) is 4.79 Å². The third kappa shape index (κ3) is 3.59. The molecule has 17 heavy (non-hydrogen) atoms. The van der Waals surface area contributed by atoms with Gasteiger partial charge in [-0.15, -0.1) is 0 Å². The highest BCUT2D eigenvalue weighted by molar-refractivity contribution is 5.95. The molecule has 6 nitrogen and oxygen atoms in total. The van der Waals surface area contributed by atoms with Gasteiger partial charge in [-0.05, 0) is 24.3 Å². The smallest absolute Gasteiger partial charge is 0.335 e. The number of nitrogens with one attached hydrogen (secondary N) is 1. The quantitative estimate of drug-likeness (QED) is 0.702. The van der Waals surface area contributed by atoms with Crippen molar-refractivity contribution < 1.29 is 14.7 Å². The highest BCUT2D eigenvalue weighted by atomic mass is 16.4. The summed E-state index contributed by atoms with van der Waals surface area (Å²) in [5.41, 5.74) is 5.99. The highest BCUT2D eigenvalue weighted by Crippen LogP contribution is 2.10. The molecule has 1 aromatic rings. The number of carbonyl (C=O) groups excluding carboxylic acids is 1. The van der Waals surface area contributed by atoms with E-state index in [1.807, 2.05) is 0 Å². The monoisotopic (exact) mass is 233 g/mol. The van der Waals surface area contributed by atoms with Crippen LogP contribution in [0, 0.1) is 11.3 Å². The average molecular weight is 233 g/mol. The van der Waals surface area contributed by atoms with Gasteiger partial charge in [0.1, 0.15) is 0 Å². The normalized spacial score (nSPS) is 11.3. The molecule has 0 aliphatic carbocycles. The van der Waals surface area contributed by atoms with E-state index in [1.54, 1.807) is 6.07 Å². The molecule has 1 amide bonds. The summed E-state index contributed by atoms with van der Waals surface area (Å²) in [6.07, 6.45) is -0.0704. The number of hydrogen-bond acceptors (Lipinski definition) is 4. The van der Waals surface area contributed by atoms with Crippen molar-refractivity contribution >= 4 is 17.6 Å². The molecule has 0 saturated carbocycles. The lowest BCUT2D eigenvalue weighted by atomic mass is 10.2. The molecular weight excluding hydrogens is 222 g/mol. The fraction of sp³-hybridized carbons (Fsp3) is 0.182. The zero-order valence-electron chi connectivity index (χ0n) is 8.88. The van der Waals surface area contributed by atoms with Crippen LogP contribution in [0.2, 0.25) is 0 Å². The number of anilines is 1. The van der Waals surface area contributed by atoms with Gasteiger partial charge in [0, 0.05) is 5.69 Å². The van der Waals surface area contributed by atoms with Crippen molar-refractivity contribution in [2.75, 3.05) is 5.32 Å².